The number of carbonyl (C=O) groups excluding carboxylic acids is 1. The van der Waals surface area contributed by atoms with Gasteiger partial charge in [-0.1, -0.05) is 11.3 Å². The molecule has 144 valence electrons. The van der Waals surface area contributed by atoms with Gasteiger partial charge in [0.05, 0.1) is 22.4 Å². The Bertz CT molecular complexity index is 1010. The number of fused-ring (bicyclic) bond motifs is 1. The fourth-order valence-corrected chi connectivity index (χ4v) is 4.78. The van der Waals surface area contributed by atoms with Crippen LogP contribution in [0.2, 0.25) is 0 Å². The van der Waals surface area contributed by atoms with E-state index in [1.165, 1.54) is 11.3 Å². The van der Waals surface area contributed by atoms with E-state index in [4.69, 9.17) is 4.74 Å². The van der Waals surface area contributed by atoms with Crippen LogP contribution in [0.1, 0.15) is 28.9 Å². The smallest absolute Gasteiger partial charge is 0.242 e. The van der Waals surface area contributed by atoms with Crippen molar-refractivity contribution in [3.63, 3.8) is 0 Å². The Morgan fingerprint density at radius 1 is 1.26 bits per heavy atom. The number of anilines is 1. The lowest BCUT2D eigenvalue weighted by Crippen LogP contribution is -2.13. The third kappa shape index (κ3) is 3.79. The number of carbonyl (C=O) groups is 1. The summed E-state index contributed by atoms with van der Waals surface area (Å²) >= 11 is 3.15. The molecule has 0 fully saturated rings. The molecule has 0 spiro atoms. The standard InChI is InChI=1S/C18H23N5O2S2/c1-9-12(10(2)19-15-14(9)16(25-5)22-23(15)4)7-8-13(24)21-18-20-11(3)17(26-6)27-18/h7-8H2,1-6H3,(H,20,21,24). The van der Waals surface area contributed by atoms with Crippen LogP contribution in [-0.4, -0.2) is 39.0 Å². The lowest BCUT2D eigenvalue weighted by molar-refractivity contribution is -0.116. The molecule has 0 aliphatic carbocycles. The summed E-state index contributed by atoms with van der Waals surface area (Å²) < 4.78 is 8.23. The van der Waals surface area contributed by atoms with E-state index in [9.17, 15) is 4.79 Å². The second-order valence-electron chi connectivity index (χ2n) is 6.28. The van der Waals surface area contributed by atoms with Crippen molar-refractivity contribution < 1.29 is 9.53 Å². The summed E-state index contributed by atoms with van der Waals surface area (Å²) in [6.07, 6.45) is 2.97. The van der Waals surface area contributed by atoms with Crippen LogP contribution in [0.3, 0.4) is 0 Å². The maximum absolute atomic E-state index is 12.4. The Balaban J connectivity index is 1.79. The number of nitrogens with one attached hydrogen (secondary N) is 1. The third-order valence-corrected chi connectivity index (χ3v) is 6.79. The maximum Gasteiger partial charge on any atom is 0.242 e. The molecule has 0 radical (unpaired) electrons. The van der Waals surface area contributed by atoms with E-state index in [0.717, 1.165) is 37.8 Å². The molecule has 0 aliphatic heterocycles. The fraction of sp³-hybridized carbons (Fsp3) is 0.444. The Morgan fingerprint density at radius 3 is 2.63 bits per heavy atom. The summed E-state index contributed by atoms with van der Waals surface area (Å²) in [5.41, 5.74) is 4.77. The van der Waals surface area contributed by atoms with Gasteiger partial charge in [-0.2, -0.15) is 0 Å². The number of rotatable bonds is 6. The lowest BCUT2D eigenvalue weighted by Gasteiger charge is -2.11. The second-order valence-corrected chi connectivity index (χ2v) is 8.35. The quantitative estimate of drug-likeness (QED) is 0.631. The van der Waals surface area contributed by atoms with Crippen LogP contribution in [0.15, 0.2) is 4.21 Å². The SMILES string of the molecule is COc1nn(C)c2nc(C)c(CCC(=O)Nc3nc(C)c(SC)s3)c(C)c12. The average Bonchev–Trinajstić information content (AvgIpc) is 3.14. The molecule has 1 amide bonds. The van der Waals surface area contributed by atoms with Crippen LogP contribution in [0.25, 0.3) is 11.0 Å². The first-order chi connectivity index (χ1) is 12.8. The van der Waals surface area contributed by atoms with Gasteiger partial charge < -0.3 is 10.1 Å². The van der Waals surface area contributed by atoms with E-state index in [2.05, 4.69) is 20.4 Å². The van der Waals surface area contributed by atoms with Crippen molar-refractivity contribution in [1.29, 1.82) is 0 Å². The van der Waals surface area contributed by atoms with Crippen molar-refractivity contribution in [2.24, 2.45) is 7.05 Å². The van der Waals surface area contributed by atoms with Gasteiger partial charge in [-0.25, -0.2) is 14.6 Å². The minimum Gasteiger partial charge on any atom is -0.479 e. The lowest BCUT2D eigenvalue weighted by atomic mass is 10.00. The van der Waals surface area contributed by atoms with Crippen molar-refractivity contribution in [2.75, 3.05) is 18.7 Å². The number of thiazole rings is 1. The predicted octanol–water partition coefficient (Wildman–Crippen LogP) is 3.65. The van der Waals surface area contributed by atoms with Crippen molar-refractivity contribution >= 4 is 45.2 Å². The highest BCUT2D eigenvalue weighted by Gasteiger charge is 2.19. The molecule has 0 bridgehead atoms. The van der Waals surface area contributed by atoms with E-state index in [-0.39, 0.29) is 5.91 Å². The average molecular weight is 406 g/mol. The van der Waals surface area contributed by atoms with E-state index in [1.54, 1.807) is 23.6 Å². The number of thioether (sulfide) groups is 1. The number of ether oxygens (including phenoxy) is 1. The number of aryl methyl sites for hydroxylation is 4. The first kappa shape index (κ1) is 19.6. The molecule has 1 N–H and O–H groups in total. The first-order valence-electron chi connectivity index (χ1n) is 8.53. The highest BCUT2D eigenvalue weighted by atomic mass is 32.2. The number of aromatic nitrogens is 4. The van der Waals surface area contributed by atoms with Crippen molar-refractivity contribution in [3.8, 4) is 5.88 Å². The van der Waals surface area contributed by atoms with Gasteiger partial charge in [-0.15, -0.1) is 16.9 Å². The monoisotopic (exact) mass is 405 g/mol. The first-order valence-corrected chi connectivity index (χ1v) is 10.6. The molecule has 0 saturated heterocycles. The maximum atomic E-state index is 12.4. The van der Waals surface area contributed by atoms with E-state index < -0.39 is 0 Å². The van der Waals surface area contributed by atoms with Gasteiger partial charge in [0.2, 0.25) is 11.8 Å². The highest BCUT2D eigenvalue weighted by Crippen LogP contribution is 2.32. The molecule has 3 aromatic rings. The van der Waals surface area contributed by atoms with Crippen molar-refractivity contribution in [1.82, 2.24) is 19.7 Å². The molecule has 3 aromatic heterocycles. The number of nitrogens with zero attached hydrogens (tertiary/aromatic N) is 4. The number of methoxy groups -OCH3 is 1. The van der Waals surface area contributed by atoms with Gasteiger partial charge in [0.1, 0.15) is 0 Å². The summed E-state index contributed by atoms with van der Waals surface area (Å²) in [7, 11) is 3.45. The predicted molar refractivity (Wildman–Crippen MR) is 110 cm³/mol. The second kappa shape index (κ2) is 7.85. The summed E-state index contributed by atoms with van der Waals surface area (Å²) in [6.45, 7) is 5.95. The molecule has 0 aliphatic rings. The molecule has 0 saturated carbocycles. The summed E-state index contributed by atoms with van der Waals surface area (Å²) in [5.74, 6) is 0.513. The summed E-state index contributed by atoms with van der Waals surface area (Å²) in [4.78, 5) is 21.5. The van der Waals surface area contributed by atoms with Gasteiger partial charge in [0.25, 0.3) is 0 Å². The van der Waals surface area contributed by atoms with Crippen LogP contribution < -0.4 is 10.1 Å². The minimum atomic E-state index is -0.0477. The van der Waals surface area contributed by atoms with Gasteiger partial charge in [-0.05, 0) is 44.6 Å². The normalized spacial score (nSPS) is 11.2. The van der Waals surface area contributed by atoms with Crippen LogP contribution in [0, 0.1) is 20.8 Å². The van der Waals surface area contributed by atoms with Gasteiger partial charge in [0.15, 0.2) is 10.8 Å². The molecular formula is C18H23N5O2S2. The van der Waals surface area contributed by atoms with Crippen molar-refractivity contribution in [3.05, 3.63) is 22.5 Å². The van der Waals surface area contributed by atoms with E-state index in [1.807, 2.05) is 34.1 Å². The molecule has 27 heavy (non-hydrogen) atoms. The third-order valence-electron chi connectivity index (χ3n) is 4.50. The molecule has 0 unspecified atom stereocenters. The zero-order valence-electron chi connectivity index (χ0n) is 16.3. The Hall–Kier alpha value is -2.13. The zero-order valence-corrected chi connectivity index (χ0v) is 18.0. The Morgan fingerprint density at radius 2 is 2.00 bits per heavy atom. The molecule has 9 heteroatoms. The van der Waals surface area contributed by atoms with Gasteiger partial charge >= 0.3 is 0 Å². The minimum absolute atomic E-state index is 0.0477. The Labute approximate surface area is 166 Å². The van der Waals surface area contributed by atoms with Crippen LogP contribution in [0.5, 0.6) is 5.88 Å². The van der Waals surface area contributed by atoms with Gasteiger partial charge in [0, 0.05) is 19.2 Å². The number of pyridine rings is 1. The number of amides is 1. The van der Waals surface area contributed by atoms with E-state index >= 15 is 0 Å². The topological polar surface area (TPSA) is 81.9 Å². The highest BCUT2D eigenvalue weighted by molar-refractivity contribution is 8.00. The molecule has 3 rings (SSSR count). The van der Waals surface area contributed by atoms with Gasteiger partial charge in [-0.3, -0.25) is 4.79 Å². The largest absolute Gasteiger partial charge is 0.479 e. The molecule has 0 aromatic carbocycles. The number of hydrogen-bond donors (Lipinski definition) is 1. The van der Waals surface area contributed by atoms with Crippen LogP contribution in [-0.2, 0) is 18.3 Å². The van der Waals surface area contributed by atoms with Crippen molar-refractivity contribution in [2.45, 2.75) is 37.8 Å². The molecule has 0 atom stereocenters. The molecule has 3 heterocycles. The summed E-state index contributed by atoms with van der Waals surface area (Å²) in [5, 5.41) is 8.82. The fourth-order valence-electron chi connectivity index (χ4n) is 3.15. The Kier molecular flexibility index (Phi) is 5.71. The number of hydrogen-bond acceptors (Lipinski definition) is 7. The zero-order chi connectivity index (χ0) is 19.7. The summed E-state index contributed by atoms with van der Waals surface area (Å²) in [6, 6.07) is 0. The van der Waals surface area contributed by atoms with Crippen LogP contribution in [0.4, 0.5) is 5.13 Å². The molecule has 7 nitrogen and oxygen atoms in total. The van der Waals surface area contributed by atoms with Crippen LogP contribution >= 0.6 is 23.1 Å². The molecular weight excluding hydrogens is 382 g/mol. The van der Waals surface area contributed by atoms with E-state index in [0.29, 0.717) is 23.9 Å².